The van der Waals surface area contributed by atoms with Gasteiger partial charge in [-0.2, -0.15) is 0 Å². The molecule has 1 aromatic carbocycles. The molecule has 4 aliphatic heterocycles. The average molecular weight is 356 g/mol. The van der Waals surface area contributed by atoms with Crippen LogP contribution in [0, 0.1) is 5.92 Å². The van der Waals surface area contributed by atoms with Crippen molar-refractivity contribution in [1.29, 1.82) is 0 Å². The minimum Gasteiger partial charge on any atom is -0.348 e. The Morgan fingerprint density at radius 3 is 2.52 bits per heavy atom. The van der Waals surface area contributed by atoms with Crippen molar-refractivity contribution in [2.45, 2.75) is 18.9 Å². The van der Waals surface area contributed by atoms with E-state index in [9.17, 15) is 4.79 Å². The molecule has 3 fully saturated rings. The Morgan fingerprint density at radius 1 is 1.16 bits per heavy atom. The van der Waals surface area contributed by atoms with E-state index in [1.165, 1.54) is 25.9 Å². The number of carbonyl (C=O) groups is 1. The highest BCUT2D eigenvalue weighted by atomic mass is 35.5. The lowest BCUT2D eigenvalue weighted by Crippen LogP contribution is -2.57. The summed E-state index contributed by atoms with van der Waals surface area (Å²) < 4.78 is 0. The zero-order valence-electron chi connectivity index (χ0n) is 14.1. The van der Waals surface area contributed by atoms with E-state index in [0.717, 1.165) is 17.9 Å². The first kappa shape index (κ1) is 16.4. The zero-order valence-corrected chi connectivity index (χ0v) is 14.9. The largest absolute Gasteiger partial charge is 0.348 e. The third-order valence-corrected chi connectivity index (χ3v) is 5.62. The molecule has 1 atom stereocenters. The Labute approximate surface area is 153 Å². The van der Waals surface area contributed by atoms with E-state index >= 15 is 0 Å². The van der Waals surface area contributed by atoms with Gasteiger partial charge in [0, 0.05) is 35.2 Å². The second-order valence-electron chi connectivity index (χ2n) is 6.97. The predicted octanol–water partition coefficient (Wildman–Crippen LogP) is 3.32. The summed E-state index contributed by atoms with van der Waals surface area (Å²) in [5, 5.41) is 3.92. The SMILES string of the molecule is C=C1C=CC(C(=O)NC2CN3CCC2CC3)=CN1c1ccc(Cl)cc1. The van der Waals surface area contributed by atoms with E-state index in [2.05, 4.69) is 16.8 Å². The number of anilines is 1. The number of halogens is 1. The molecule has 0 aliphatic carbocycles. The maximum Gasteiger partial charge on any atom is 0.253 e. The van der Waals surface area contributed by atoms with Gasteiger partial charge in [-0.15, -0.1) is 0 Å². The normalized spacial score (nSPS) is 28.0. The quantitative estimate of drug-likeness (QED) is 0.903. The van der Waals surface area contributed by atoms with E-state index < -0.39 is 0 Å². The van der Waals surface area contributed by atoms with Gasteiger partial charge in [0.05, 0.1) is 5.57 Å². The number of hydrogen-bond donors (Lipinski definition) is 1. The number of rotatable bonds is 3. The fourth-order valence-electron chi connectivity index (χ4n) is 3.89. The first-order valence-corrected chi connectivity index (χ1v) is 9.15. The van der Waals surface area contributed by atoms with Crippen molar-refractivity contribution in [2.75, 3.05) is 24.5 Å². The summed E-state index contributed by atoms with van der Waals surface area (Å²) in [5.41, 5.74) is 2.41. The van der Waals surface area contributed by atoms with Crippen LogP contribution in [-0.4, -0.2) is 36.5 Å². The Morgan fingerprint density at radius 2 is 1.88 bits per heavy atom. The fraction of sp³-hybridized carbons (Fsp3) is 0.350. The van der Waals surface area contributed by atoms with Crippen LogP contribution in [0.2, 0.25) is 5.02 Å². The first-order chi connectivity index (χ1) is 12.1. The molecule has 5 rings (SSSR count). The minimum absolute atomic E-state index is 0.0125. The molecular formula is C20H22ClN3O. The molecule has 25 heavy (non-hydrogen) atoms. The summed E-state index contributed by atoms with van der Waals surface area (Å²) in [5.74, 6) is 0.603. The molecule has 4 aliphatic rings. The predicted molar refractivity (Wildman–Crippen MR) is 101 cm³/mol. The fourth-order valence-corrected chi connectivity index (χ4v) is 4.01. The molecule has 3 saturated heterocycles. The van der Waals surface area contributed by atoms with E-state index in [-0.39, 0.29) is 11.9 Å². The molecule has 5 heteroatoms. The van der Waals surface area contributed by atoms with Crippen LogP contribution in [0.5, 0.6) is 0 Å². The van der Waals surface area contributed by atoms with Crippen LogP contribution < -0.4 is 10.2 Å². The maximum absolute atomic E-state index is 12.8. The summed E-state index contributed by atoms with van der Waals surface area (Å²) >= 11 is 5.97. The van der Waals surface area contributed by atoms with Crippen molar-refractivity contribution in [2.24, 2.45) is 5.92 Å². The lowest BCUT2D eigenvalue weighted by Gasteiger charge is -2.45. The molecule has 0 saturated carbocycles. The van der Waals surface area contributed by atoms with Gasteiger partial charge in [0.1, 0.15) is 0 Å². The van der Waals surface area contributed by atoms with Gasteiger partial charge >= 0.3 is 0 Å². The van der Waals surface area contributed by atoms with Gasteiger partial charge in [0.25, 0.3) is 5.91 Å². The first-order valence-electron chi connectivity index (χ1n) is 8.77. The third kappa shape index (κ3) is 3.37. The topological polar surface area (TPSA) is 35.6 Å². The van der Waals surface area contributed by atoms with Crippen molar-refractivity contribution in [3.05, 3.63) is 65.5 Å². The molecule has 4 heterocycles. The van der Waals surface area contributed by atoms with Crippen molar-refractivity contribution in [3.8, 4) is 0 Å². The monoisotopic (exact) mass is 355 g/mol. The Kier molecular flexibility index (Phi) is 4.40. The number of nitrogens with zero attached hydrogens (tertiary/aromatic N) is 2. The summed E-state index contributed by atoms with van der Waals surface area (Å²) in [6.45, 7) is 7.37. The van der Waals surface area contributed by atoms with Gasteiger partial charge in [-0.1, -0.05) is 18.2 Å². The number of fused-ring (bicyclic) bond motifs is 3. The highest BCUT2D eigenvalue weighted by Gasteiger charge is 2.35. The summed E-state index contributed by atoms with van der Waals surface area (Å²) in [7, 11) is 0. The number of amides is 1. The molecule has 0 aromatic heterocycles. The van der Waals surface area contributed by atoms with Crippen molar-refractivity contribution >= 4 is 23.2 Å². The van der Waals surface area contributed by atoms with Crippen LogP contribution >= 0.6 is 11.6 Å². The van der Waals surface area contributed by atoms with Gasteiger partial charge in [-0.3, -0.25) is 4.79 Å². The molecule has 1 N–H and O–H groups in total. The summed E-state index contributed by atoms with van der Waals surface area (Å²) in [6, 6.07) is 7.78. The number of hydrogen-bond acceptors (Lipinski definition) is 3. The lowest BCUT2D eigenvalue weighted by atomic mass is 9.84. The van der Waals surface area contributed by atoms with E-state index in [1.807, 2.05) is 47.5 Å². The Hall–Kier alpha value is -2.04. The average Bonchev–Trinajstić information content (AvgIpc) is 2.64. The van der Waals surface area contributed by atoms with Gasteiger partial charge in [0.15, 0.2) is 0 Å². The number of nitrogens with one attached hydrogen (secondary N) is 1. The maximum atomic E-state index is 12.8. The molecule has 1 unspecified atom stereocenters. The number of carbonyl (C=O) groups excluding carboxylic acids is 1. The summed E-state index contributed by atoms with van der Waals surface area (Å²) in [4.78, 5) is 17.1. The summed E-state index contributed by atoms with van der Waals surface area (Å²) in [6.07, 6.45) is 7.94. The van der Waals surface area contributed by atoms with E-state index in [0.29, 0.717) is 16.5 Å². The van der Waals surface area contributed by atoms with Crippen molar-refractivity contribution in [3.63, 3.8) is 0 Å². The molecular weight excluding hydrogens is 334 g/mol. The second kappa shape index (κ2) is 6.70. The smallest absolute Gasteiger partial charge is 0.253 e. The van der Waals surface area contributed by atoms with Crippen LogP contribution in [0.1, 0.15) is 12.8 Å². The zero-order chi connectivity index (χ0) is 17.4. The molecule has 1 aromatic rings. The molecule has 4 nitrogen and oxygen atoms in total. The molecule has 2 bridgehead atoms. The molecule has 1 amide bonds. The van der Waals surface area contributed by atoms with Crippen LogP contribution in [0.25, 0.3) is 0 Å². The van der Waals surface area contributed by atoms with Gasteiger partial charge in [-0.25, -0.2) is 0 Å². The van der Waals surface area contributed by atoms with Crippen molar-refractivity contribution < 1.29 is 4.79 Å². The van der Waals surface area contributed by atoms with Crippen LogP contribution in [0.15, 0.2) is 60.5 Å². The Balaban J connectivity index is 1.50. The van der Waals surface area contributed by atoms with E-state index in [1.54, 1.807) is 0 Å². The highest BCUT2D eigenvalue weighted by molar-refractivity contribution is 6.30. The number of allylic oxidation sites excluding steroid dienone is 1. The molecule has 0 radical (unpaired) electrons. The van der Waals surface area contributed by atoms with Crippen molar-refractivity contribution in [1.82, 2.24) is 10.2 Å². The highest BCUT2D eigenvalue weighted by Crippen LogP contribution is 2.29. The minimum atomic E-state index is -0.0125. The molecule has 130 valence electrons. The van der Waals surface area contributed by atoms with Gasteiger partial charge in [-0.05, 0) is 68.3 Å². The lowest BCUT2D eigenvalue weighted by molar-refractivity contribution is -0.119. The third-order valence-electron chi connectivity index (χ3n) is 5.37. The van der Waals surface area contributed by atoms with Gasteiger partial charge in [0.2, 0.25) is 0 Å². The van der Waals surface area contributed by atoms with Crippen LogP contribution in [0.4, 0.5) is 5.69 Å². The Bertz CT molecular complexity index is 745. The van der Waals surface area contributed by atoms with E-state index in [4.69, 9.17) is 11.6 Å². The van der Waals surface area contributed by atoms with Crippen LogP contribution in [-0.2, 0) is 4.79 Å². The standard InChI is InChI=1S/C20H22ClN3O/c1-14-2-3-16(12-24(14)18-6-4-17(21)5-7-18)20(25)22-19-13-23-10-8-15(19)9-11-23/h2-7,12,15,19H,1,8-11,13H2,(H,22,25). The second-order valence-corrected chi connectivity index (χ2v) is 7.41. The van der Waals surface area contributed by atoms with Crippen LogP contribution in [0.3, 0.4) is 0 Å². The number of piperidine rings is 3. The van der Waals surface area contributed by atoms with Gasteiger partial charge < -0.3 is 15.1 Å². The number of benzene rings is 1. The molecule has 0 spiro atoms.